The van der Waals surface area contributed by atoms with E-state index in [9.17, 15) is 8.78 Å². The highest BCUT2D eigenvalue weighted by molar-refractivity contribution is 8.03. The Morgan fingerprint density at radius 2 is 2.15 bits per heavy atom. The highest BCUT2D eigenvalue weighted by atomic mass is 32.2. The minimum absolute atomic E-state index is 0.146. The molecule has 0 saturated heterocycles. The van der Waals surface area contributed by atoms with Gasteiger partial charge in [0.2, 0.25) is 12.1 Å². The molecule has 0 aromatic heterocycles. The van der Waals surface area contributed by atoms with E-state index in [0.29, 0.717) is 29.8 Å². The first kappa shape index (κ1) is 33.9. The molecule has 1 aliphatic carbocycles. The number of halogens is 2. The van der Waals surface area contributed by atoms with Gasteiger partial charge in [0.1, 0.15) is 6.61 Å². The summed E-state index contributed by atoms with van der Waals surface area (Å²) in [5.41, 5.74) is 8.32. The van der Waals surface area contributed by atoms with Gasteiger partial charge in [-0.15, -0.1) is 29.2 Å². The first-order valence-corrected chi connectivity index (χ1v) is 16.3. The largest absolute Gasteiger partial charge is 0.452 e. The summed E-state index contributed by atoms with van der Waals surface area (Å²) in [7, 11) is 1.66. The molecule has 9 heteroatoms. The molecule has 0 aromatic carbocycles. The Bertz CT molecular complexity index is 989. The van der Waals surface area contributed by atoms with Crippen molar-refractivity contribution in [3.63, 3.8) is 0 Å². The van der Waals surface area contributed by atoms with Gasteiger partial charge >= 0.3 is 0 Å². The molecule has 0 amide bonds. The monoisotopic (exact) mass is 594 g/mol. The van der Waals surface area contributed by atoms with Crippen molar-refractivity contribution < 1.29 is 18.3 Å². The third-order valence-corrected chi connectivity index (χ3v) is 9.77. The molecule has 7 atom stereocenters. The fraction of sp³-hybridized carbons (Fsp3) is 0.750. The number of rotatable bonds is 15. The first-order valence-electron chi connectivity index (χ1n) is 15.3. The number of thioether (sulfide) groups is 1. The van der Waals surface area contributed by atoms with Gasteiger partial charge in [-0.1, -0.05) is 38.0 Å². The van der Waals surface area contributed by atoms with Gasteiger partial charge in [-0.2, -0.15) is 0 Å². The van der Waals surface area contributed by atoms with E-state index in [2.05, 4.69) is 66.4 Å². The molecule has 41 heavy (non-hydrogen) atoms. The molecule has 0 bridgehead atoms. The second-order valence-electron chi connectivity index (χ2n) is 12.1. The smallest absolute Gasteiger partial charge is 0.253 e. The van der Waals surface area contributed by atoms with Gasteiger partial charge in [0.15, 0.2) is 0 Å². The van der Waals surface area contributed by atoms with Crippen LogP contribution in [0, 0.1) is 29.6 Å². The molecular formula is C32H52F2N4O2S. The third-order valence-electron chi connectivity index (χ3n) is 8.53. The van der Waals surface area contributed by atoms with E-state index in [1.165, 1.54) is 0 Å². The Morgan fingerprint density at radius 3 is 2.78 bits per heavy atom. The Morgan fingerprint density at radius 1 is 1.37 bits per heavy atom. The molecule has 232 valence electrons. The van der Waals surface area contributed by atoms with Crippen LogP contribution in [0.4, 0.5) is 8.78 Å². The molecule has 0 aromatic rings. The fourth-order valence-corrected chi connectivity index (χ4v) is 7.85. The summed E-state index contributed by atoms with van der Waals surface area (Å²) in [5, 5.41) is 11.5. The summed E-state index contributed by atoms with van der Waals surface area (Å²) in [5.74, 6) is -1.01. The maximum Gasteiger partial charge on any atom is 0.253 e. The van der Waals surface area contributed by atoms with Crippen LogP contribution in [0.2, 0.25) is 0 Å². The molecule has 0 saturated carbocycles. The molecule has 2 aliphatic heterocycles. The minimum atomic E-state index is -2.73. The predicted octanol–water partition coefficient (Wildman–Crippen LogP) is 6.84. The second-order valence-corrected chi connectivity index (χ2v) is 13.1. The Hall–Kier alpha value is -1.64. The topological polar surface area (TPSA) is 66.9 Å². The normalized spacial score (nSPS) is 28.4. The van der Waals surface area contributed by atoms with Crippen LogP contribution in [0.3, 0.4) is 0 Å². The zero-order valence-corrected chi connectivity index (χ0v) is 26.7. The van der Waals surface area contributed by atoms with E-state index >= 15 is 0 Å². The number of ether oxygens (including phenoxy) is 2. The van der Waals surface area contributed by atoms with Crippen LogP contribution in [0.15, 0.2) is 45.6 Å². The van der Waals surface area contributed by atoms with Crippen molar-refractivity contribution in [1.82, 2.24) is 16.1 Å². The SMILES string of the molecule is C=C(C)CC(CC(CC)C1CC=CC(NCNCC)CC(C2=C=C(C)C(C(C)(F)F)CS2)C1)C1=NNC(COC)O1. The molecule has 3 aliphatic rings. The summed E-state index contributed by atoms with van der Waals surface area (Å²) >= 11 is 1.59. The number of nitrogens with zero attached hydrogens (tertiary/aromatic N) is 1. The molecule has 3 N–H and O–H groups in total. The van der Waals surface area contributed by atoms with Crippen LogP contribution in [0.5, 0.6) is 0 Å². The number of hydrogen-bond donors (Lipinski definition) is 3. The van der Waals surface area contributed by atoms with E-state index in [0.717, 1.165) is 75.0 Å². The lowest BCUT2D eigenvalue weighted by Crippen LogP contribution is -2.38. The van der Waals surface area contributed by atoms with Crippen LogP contribution in [0.25, 0.3) is 0 Å². The average molecular weight is 595 g/mol. The zero-order chi connectivity index (χ0) is 30.0. The molecule has 7 unspecified atom stereocenters. The van der Waals surface area contributed by atoms with E-state index in [1.807, 2.05) is 6.92 Å². The summed E-state index contributed by atoms with van der Waals surface area (Å²) in [6.07, 6.45) is 10.2. The first-order chi connectivity index (χ1) is 19.5. The van der Waals surface area contributed by atoms with Gasteiger partial charge in [0.05, 0.1) is 5.92 Å². The van der Waals surface area contributed by atoms with Crippen molar-refractivity contribution >= 4 is 17.7 Å². The molecule has 6 nitrogen and oxygen atoms in total. The quantitative estimate of drug-likeness (QED) is 0.0836. The molecule has 0 radical (unpaired) electrons. The maximum absolute atomic E-state index is 14.3. The Balaban J connectivity index is 1.85. The summed E-state index contributed by atoms with van der Waals surface area (Å²) < 4.78 is 39.9. The summed E-state index contributed by atoms with van der Waals surface area (Å²) in [6.45, 7) is 15.6. The highest BCUT2D eigenvalue weighted by Crippen LogP contribution is 2.45. The van der Waals surface area contributed by atoms with Gasteiger partial charge < -0.3 is 14.8 Å². The lowest BCUT2D eigenvalue weighted by atomic mass is 9.73. The van der Waals surface area contributed by atoms with Gasteiger partial charge in [0.25, 0.3) is 5.92 Å². The number of nitrogens with one attached hydrogen (secondary N) is 3. The van der Waals surface area contributed by atoms with Crippen molar-refractivity contribution in [3.8, 4) is 0 Å². The Labute approximate surface area is 250 Å². The minimum Gasteiger partial charge on any atom is -0.452 e. The van der Waals surface area contributed by atoms with E-state index in [-0.39, 0.29) is 24.1 Å². The van der Waals surface area contributed by atoms with E-state index in [1.54, 1.807) is 18.9 Å². The van der Waals surface area contributed by atoms with Gasteiger partial charge in [-0.05, 0) is 82.7 Å². The molecule has 2 heterocycles. The van der Waals surface area contributed by atoms with E-state index in [4.69, 9.17) is 9.47 Å². The van der Waals surface area contributed by atoms with Crippen molar-refractivity contribution in [2.24, 2.45) is 34.7 Å². The fourth-order valence-electron chi connectivity index (χ4n) is 6.30. The molecule has 0 spiro atoms. The van der Waals surface area contributed by atoms with Crippen molar-refractivity contribution in [2.45, 2.75) is 91.3 Å². The van der Waals surface area contributed by atoms with Crippen LogP contribution >= 0.6 is 11.8 Å². The predicted molar refractivity (Wildman–Crippen MR) is 167 cm³/mol. The number of allylic oxidation sites excluding steroid dienone is 3. The van der Waals surface area contributed by atoms with Crippen LogP contribution < -0.4 is 16.1 Å². The van der Waals surface area contributed by atoms with Crippen molar-refractivity contribution in [3.05, 3.63) is 40.5 Å². The van der Waals surface area contributed by atoms with Crippen LogP contribution in [-0.2, 0) is 9.47 Å². The highest BCUT2D eigenvalue weighted by Gasteiger charge is 2.39. The van der Waals surface area contributed by atoms with Gasteiger partial charge in [0, 0.05) is 36.4 Å². The number of alkyl halides is 2. The third kappa shape index (κ3) is 10.2. The molecule has 0 fully saturated rings. The molecular weight excluding hydrogens is 542 g/mol. The van der Waals surface area contributed by atoms with Gasteiger partial charge in [-0.25, -0.2) is 8.78 Å². The molecule has 3 rings (SSSR count). The summed E-state index contributed by atoms with van der Waals surface area (Å²) in [4.78, 5) is 1.14. The standard InChI is InChI=1S/C32H52F2N4O2S/c1-8-23(15-26(13-21(3)4)31-38-37-30(40-31)18-39-7)24-11-10-12-27(36-20-35-9-2)17-25(16-24)29-14-22(5)28(19-41-29)32(6,33)34/h10,12,23-28,30,35-37H,3,8-9,11,13,15-20H2,1-2,4-7H3. The average Bonchev–Trinajstić information content (AvgIpc) is 3.36. The zero-order valence-electron chi connectivity index (χ0n) is 25.9. The van der Waals surface area contributed by atoms with Crippen molar-refractivity contribution in [2.75, 3.05) is 32.7 Å². The lowest BCUT2D eigenvalue weighted by Gasteiger charge is -2.36. The second kappa shape index (κ2) is 16.3. The summed E-state index contributed by atoms with van der Waals surface area (Å²) in [6, 6.07) is 0.224. The van der Waals surface area contributed by atoms with Gasteiger partial charge in [-0.3, -0.25) is 10.7 Å². The van der Waals surface area contributed by atoms with E-state index < -0.39 is 11.8 Å². The van der Waals surface area contributed by atoms with Crippen molar-refractivity contribution in [1.29, 1.82) is 0 Å². The number of methoxy groups -OCH3 is 1. The van der Waals surface area contributed by atoms with Crippen LogP contribution in [0.1, 0.15) is 73.1 Å². The Kier molecular flexibility index (Phi) is 13.4. The number of hydrogen-bond acceptors (Lipinski definition) is 7. The maximum atomic E-state index is 14.3. The van der Waals surface area contributed by atoms with Crippen LogP contribution in [-0.4, -0.2) is 56.8 Å². The lowest BCUT2D eigenvalue weighted by molar-refractivity contribution is -0.0166. The number of hydrazone groups is 1.